The summed E-state index contributed by atoms with van der Waals surface area (Å²) in [6.45, 7) is 3.27. The predicted octanol–water partition coefficient (Wildman–Crippen LogP) is 0.208. The Balaban J connectivity index is 2.38. The molecule has 108 valence electrons. The lowest BCUT2D eigenvalue weighted by molar-refractivity contribution is -0.145. The molecule has 1 saturated carbocycles. The highest BCUT2D eigenvalue weighted by molar-refractivity contribution is 5.95. The summed E-state index contributed by atoms with van der Waals surface area (Å²) in [6.07, 6.45) is 2.60. The third-order valence-electron chi connectivity index (χ3n) is 3.37. The van der Waals surface area contributed by atoms with Gasteiger partial charge in [-0.3, -0.25) is 20.2 Å². The number of rotatable bonds is 7. The average Bonchev–Trinajstić information content (AvgIpc) is 3.14. The maximum atomic E-state index is 11.5. The van der Waals surface area contributed by atoms with Crippen LogP contribution in [-0.2, 0) is 9.59 Å². The van der Waals surface area contributed by atoms with Crippen molar-refractivity contribution in [3.8, 4) is 0 Å². The van der Waals surface area contributed by atoms with Gasteiger partial charge in [0.25, 0.3) is 0 Å². The van der Waals surface area contributed by atoms with Gasteiger partial charge in [0.05, 0.1) is 6.54 Å². The number of carboxylic acid groups (broad SMARTS) is 1. The van der Waals surface area contributed by atoms with Gasteiger partial charge in [0.15, 0.2) is 0 Å². The SMILES string of the molecule is CCC(CC)(NCC(=O)NC(=O)NC1CC1)C(=O)O. The quantitative estimate of drug-likeness (QED) is 0.529. The Morgan fingerprint density at radius 3 is 2.21 bits per heavy atom. The van der Waals surface area contributed by atoms with Crippen LogP contribution >= 0.6 is 0 Å². The second-order valence-electron chi connectivity index (χ2n) is 4.74. The Bertz CT molecular complexity index is 362. The van der Waals surface area contributed by atoms with E-state index in [1.807, 2.05) is 0 Å². The molecular formula is C12H21N3O4. The van der Waals surface area contributed by atoms with Crippen molar-refractivity contribution < 1.29 is 19.5 Å². The normalized spacial score (nSPS) is 14.8. The van der Waals surface area contributed by atoms with E-state index < -0.39 is 23.4 Å². The number of nitrogens with one attached hydrogen (secondary N) is 3. The standard InChI is InChI=1S/C12H21N3O4/c1-3-12(4-2,10(17)18)13-7-9(16)15-11(19)14-8-5-6-8/h8,13H,3-7H2,1-2H3,(H,17,18)(H2,14,15,16,19). The minimum atomic E-state index is -1.12. The maximum absolute atomic E-state index is 11.5. The average molecular weight is 271 g/mol. The molecular weight excluding hydrogens is 250 g/mol. The van der Waals surface area contributed by atoms with Gasteiger partial charge in [0.1, 0.15) is 5.54 Å². The van der Waals surface area contributed by atoms with Crippen LogP contribution in [0.4, 0.5) is 4.79 Å². The van der Waals surface area contributed by atoms with Crippen molar-refractivity contribution in [2.24, 2.45) is 0 Å². The van der Waals surface area contributed by atoms with Crippen molar-refractivity contribution in [2.45, 2.75) is 51.1 Å². The summed E-state index contributed by atoms with van der Waals surface area (Å²) in [5.41, 5.74) is -1.12. The minimum Gasteiger partial charge on any atom is -0.480 e. The van der Waals surface area contributed by atoms with Gasteiger partial charge in [-0.25, -0.2) is 4.79 Å². The van der Waals surface area contributed by atoms with Crippen molar-refractivity contribution >= 4 is 17.9 Å². The smallest absolute Gasteiger partial charge is 0.323 e. The molecule has 3 amide bonds. The third-order valence-corrected chi connectivity index (χ3v) is 3.37. The molecule has 0 aromatic rings. The number of carbonyl (C=O) groups excluding carboxylic acids is 2. The second-order valence-corrected chi connectivity index (χ2v) is 4.74. The summed E-state index contributed by atoms with van der Waals surface area (Å²) in [6, 6.07) is -0.353. The van der Waals surface area contributed by atoms with Gasteiger partial charge >= 0.3 is 12.0 Å². The van der Waals surface area contributed by atoms with E-state index in [9.17, 15) is 19.5 Å². The monoisotopic (exact) mass is 271 g/mol. The molecule has 0 radical (unpaired) electrons. The molecule has 0 aliphatic heterocycles. The fraction of sp³-hybridized carbons (Fsp3) is 0.750. The van der Waals surface area contributed by atoms with Crippen LogP contribution in [0.1, 0.15) is 39.5 Å². The highest BCUT2D eigenvalue weighted by Gasteiger charge is 2.34. The van der Waals surface area contributed by atoms with E-state index in [1.165, 1.54) is 0 Å². The highest BCUT2D eigenvalue weighted by atomic mass is 16.4. The first-order chi connectivity index (χ1) is 8.93. The largest absolute Gasteiger partial charge is 0.480 e. The summed E-state index contributed by atoms with van der Waals surface area (Å²) in [5, 5.41) is 16.7. The van der Waals surface area contributed by atoms with E-state index >= 15 is 0 Å². The van der Waals surface area contributed by atoms with Crippen molar-refractivity contribution in [1.82, 2.24) is 16.0 Å². The molecule has 1 fully saturated rings. The lowest BCUT2D eigenvalue weighted by Gasteiger charge is -2.27. The molecule has 1 rings (SSSR count). The molecule has 0 saturated heterocycles. The van der Waals surface area contributed by atoms with E-state index in [2.05, 4.69) is 16.0 Å². The van der Waals surface area contributed by atoms with E-state index in [4.69, 9.17) is 0 Å². The molecule has 0 bridgehead atoms. The number of amides is 3. The number of hydrogen-bond donors (Lipinski definition) is 4. The van der Waals surface area contributed by atoms with Crippen LogP contribution in [-0.4, -0.2) is 41.1 Å². The van der Waals surface area contributed by atoms with E-state index in [0.29, 0.717) is 12.8 Å². The summed E-state index contributed by atoms with van der Waals surface area (Å²) in [5.74, 6) is -1.53. The maximum Gasteiger partial charge on any atom is 0.323 e. The number of carbonyl (C=O) groups is 3. The van der Waals surface area contributed by atoms with Gasteiger partial charge in [-0.15, -0.1) is 0 Å². The Morgan fingerprint density at radius 2 is 1.79 bits per heavy atom. The Morgan fingerprint density at radius 1 is 1.21 bits per heavy atom. The zero-order chi connectivity index (χ0) is 14.5. The Labute approximate surface area is 112 Å². The minimum absolute atomic E-state index is 0.171. The number of carboxylic acids is 1. The summed E-state index contributed by atoms with van der Waals surface area (Å²) < 4.78 is 0. The van der Waals surface area contributed by atoms with Crippen LogP contribution in [0.2, 0.25) is 0 Å². The second kappa shape index (κ2) is 6.51. The van der Waals surface area contributed by atoms with E-state index in [0.717, 1.165) is 12.8 Å². The molecule has 7 nitrogen and oxygen atoms in total. The van der Waals surface area contributed by atoms with Gasteiger partial charge in [0.2, 0.25) is 5.91 Å². The van der Waals surface area contributed by atoms with Crippen molar-refractivity contribution in [2.75, 3.05) is 6.54 Å². The molecule has 1 aliphatic carbocycles. The van der Waals surface area contributed by atoms with Crippen LogP contribution in [0.25, 0.3) is 0 Å². The van der Waals surface area contributed by atoms with Gasteiger partial charge in [-0.05, 0) is 25.7 Å². The van der Waals surface area contributed by atoms with Crippen molar-refractivity contribution in [1.29, 1.82) is 0 Å². The highest BCUT2D eigenvalue weighted by Crippen LogP contribution is 2.18. The van der Waals surface area contributed by atoms with Crippen molar-refractivity contribution in [3.05, 3.63) is 0 Å². The molecule has 0 atom stereocenters. The zero-order valence-electron chi connectivity index (χ0n) is 11.3. The van der Waals surface area contributed by atoms with Crippen LogP contribution in [0.3, 0.4) is 0 Å². The molecule has 0 aromatic carbocycles. The summed E-state index contributed by atoms with van der Waals surface area (Å²) in [7, 11) is 0. The number of imide groups is 1. The Hall–Kier alpha value is -1.63. The van der Waals surface area contributed by atoms with Crippen LogP contribution in [0.5, 0.6) is 0 Å². The number of urea groups is 1. The number of hydrogen-bond acceptors (Lipinski definition) is 4. The van der Waals surface area contributed by atoms with Gasteiger partial charge in [-0.1, -0.05) is 13.8 Å². The zero-order valence-corrected chi connectivity index (χ0v) is 11.3. The van der Waals surface area contributed by atoms with E-state index in [1.54, 1.807) is 13.8 Å². The van der Waals surface area contributed by atoms with Crippen LogP contribution in [0.15, 0.2) is 0 Å². The van der Waals surface area contributed by atoms with Gasteiger partial charge in [0, 0.05) is 6.04 Å². The van der Waals surface area contributed by atoms with Crippen molar-refractivity contribution in [3.63, 3.8) is 0 Å². The van der Waals surface area contributed by atoms with Gasteiger partial charge < -0.3 is 10.4 Å². The lowest BCUT2D eigenvalue weighted by atomic mass is 9.93. The van der Waals surface area contributed by atoms with Crippen LogP contribution < -0.4 is 16.0 Å². The molecule has 7 heteroatoms. The number of aliphatic carboxylic acids is 1. The van der Waals surface area contributed by atoms with Crippen LogP contribution in [0, 0.1) is 0 Å². The summed E-state index contributed by atoms with van der Waals surface area (Å²) >= 11 is 0. The molecule has 1 aliphatic rings. The molecule has 0 unspecified atom stereocenters. The lowest BCUT2D eigenvalue weighted by Crippen LogP contribution is -2.55. The van der Waals surface area contributed by atoms with E-state index in [-0.39, 0.29) is 12.6 Å². The topological polar surface area (TPSA) is 108 Å². The van der Waals surface area contributed by atoms with Gasteiger partial charge in [-0.2, -0.15) is 0 Å². The fourth-order valence-electron chi connectivity index (χ4n) is 1.75. The first-order valence-electron chi connectivity index (χ1n) is 6.52. The summed E-state index contributed by atoms with van der Waals surface area (Å²) in [4.78, 5) is 34.0. The fourth-order valence-corrected chi connectivity index (χ4v) is 1.75. The molecule has 19 heavy (non-hydrogen) atoms. The predicted molar refractivity (Wildman–Crippen MR) is 68.6 cm³/mol. The molecule has 4 N–H and O–H groups in total. The third kappa shape index (κ3) is 4.51. The first-order valence-corrected chi connectivity index (χ1v) is 6.52. The Kier molecular flexibility index (Phi) is 5.29. The molecule has 0 spiro atoms. The molecule has 0 aromatic heterocycles. The molecule has 0 heterocycles. The first kappa shape index (κ1) is 15.4.